The summed E-state index contributed by atoms with van der Waals surface area (Å²) >= 11 is 0. The third-order valence-corrected chi connectivity index (χ3v) is 4.20. The summed E-state index contributed by atoms with van der Waals surface area (Å²) in [5.74, 6) is 0.497. The standard InChI is InChI=1S/C17H32N4O2/c1-17(2,3)23-16(22)21(14-9-10-14)12-11-19-15(18)20-13-7-5-4-6-8-13/h13-14H,4-12H2,1-3H3,(H3,18,19,20). The van der Waals surface area contributed by atoms with Gasteiger partial charge >= 0.3 is 6.09 Å². The first-order valence-corrected chi connectivity index (χ1v) is 8.91. The number of nitrogens with one attached hydrogen (secondary N) is 1. The zero-order chi connectivity index (χ0) is 16.9. The lowest BCUT2D eigenvalue weighted by atomic mass is 9.96. The molecule has 2 rings (SSSR count). The molecule has 2 saturated carbocycles. The van der Waals surface area contributed by atoms with Gasteiger partial charge in [0.2, 0.25) is 0 Å². The van der Waals surface area contributed by atoms with Crippen molar-refractivity contribution in [2.24, 2.45) is 10.7 Å². The largest absolute Gasteiger partial charge is 0.444 e. The van der Waals surface area contributed by atoms with E-state index in [1.165, 1.54) is 32.1 Å². The normalized spacial score (nSPS) is 20.2. The van der Waals surface area contributed by atoms with Crippen molar-refractivity contribution in [2.75, 3.05) is 13.1 Å². The van der Waals surface area contributed by atoms with Gasteiger partial charge in [-0.25, -0.2) is 4.79 Å². The quantitative estimate of drug-likeness (QED) is 0.602. The van der Waals surface area contributed by atoms with Gasteiger partial charge in [-0.2, -0.15) is 0 Å². The summed E-state index contributed by atoms with van der Waals surface area (Å²) in [6.45, 7) is 6.74. The van der Waals surface area contributed by atoms with Crippen LogP contribution in [0.4, 0.5) is 4.79 Å². The number of nitrogens with zero attached hydrogens (tertiary/aromatic N) is 2. The molecule has 6 heteroatoms. The molecule has 0 aromatic rings. The van der Waals surface area contributed by atoms with Gasteiger partial charge < -0.3 is 20.7 Å². The highest BCUT2D eigenvalue weighted by molar-refractivity contribution is 5.78. The van der Waals surface area contributed by atoms with Crippen LogP contribution >= 0.6 is 0 Å². The Morgan fingerprint density at radius 3 is 2.43 bits per heavy atom. The maximum absolute atomic E-state index is 12.2. The molecule has 23 heavy (non-hydrogen) atoms. The number of rotatable bonds is 5. The Bertz CT molecular complexity index is 421. The summed E-state index contributed by atoms with van der Waals surface area (Å²) < 4.78 is 5.47. The van der Waals surface area contributed by atoms with Crippen LogP contribution in [0.15, 0.2) is 4.99 Å². The van der Waals surface area contributed by atoms with E-state index in [4.69, 9.17) is 10.5 Å². The van der Waals surface area contributed by atoms with Crippen LogP contribution in [0.5, 0.6) is 0 Å². The molecule has 0 spiro atoms. The van der Waals surface area contributed by atoms with Crippen LogP contribution in [0.1, 0.15) is 65.7 Å². The topological polar surface area (TPSA) is 80.0 Å². The van der Waals surface area contributed by atoms with Crippen LogP contribution in [-0.2, 0) is 4.74 Å². The van der Waals surface area contributed by atoms with Gasteiger partial charge in [-0.05, 0) is 46.5 Å². The van der Waals surface area contributed by atoms with Crippen molar-refractivity contribution in [3.8, 4) is 0 Å². The SMILES string of the molecule is CC(C)(C)OC(=O)N(CCN=C(N)NC1CCCCC1)C1CC1. The number of carbonyl (C=O) groups is 1. The van der Waals surface area contributed by atoms with Crippen molar-refractivity contribution in [1.29, 1.82) is 0 Å². The van der Waals surface area contributed by atoms with Crippen molar-refractivity contribution >= 4 is 12.1 Å². The monoisotopic (exact) mass is 324 g/mol. The smallest absolute Gasteiger partial charge is 0.410 e. The molecule has 0 aromatic carbocycles. The molecule has 0 saturated heterocycles. The second kappa shape index (κ2) is 7.88. The molecule has 2 fully saturated rings. The molecule has 1 amide bonds. The fourth-order valence-electron chi connectivity index (χ4n) is 2.91. The molecule has 0 radical (unpaired) electrons. The molecular formula is C17H32N4O2. The summed E-state index contributed by atoms with van der Waals surface area (Å²) in [5.41, 5.74) is 5.50. The Morgan fingerprint density at radius 2 is 1.87 bits per heavy atom. The molecule has 0 unspecified atom stereocenters. The van der Waals surface area contributed by atoms with E-state index >= 15 is 0 Å². The summed E-state index contributed by atoms with van der Waals surface area (Å²) in [6.07, 6.45) is 8.05. The molecule has 0 atom stereocenters. The predicted molar refractivity (Wildman–Crippen MR) is 92.5 cm³/mol. The van der Waals surface area contributed by atoms with E-state index < -0.39 is 5.60 Å². The molecule has 3 N–H and O–H groups in total. The number of hydrogen-bond acceptors (Lipinski definition) is 3. The van der Waals surface area contributed by atoms with E-state index in [9.17, 15) is 4.79 Å². The third-order valence-electron chi connectivity index (χ3n) is 4.20. The van der Waals surface area contributed by atoms with E-state index in [0.717, 1.165) is 12.8 Å². The van der Waals surface area contributed by atoms with Gasteiger partial charge in [0.15, 0.2) is 5.96 Å². The number of nitrogens with two attached hydrogens (primary N) is 1. The van der Waals surface area contributed by atoms with Crippen LogP contribution in [0.3, 0.4) is 0 Å². The minimum absolute atomic E-state index is 0.242. The molecule has 0 aromatic heterocycles. The lowest BCUT2D eigenvalue weighted by Gasteiger charge is -2.27. The molecule has 0 bridgehead atoms. The number of guanidine groups is 1. The average Bonchev–Trinajstić information content (AvgIpc) is 3.27. The Hall–Kier alpha value is -1.46. The zero-order valence-electron chi connectivity index (χ0n) is 14.8. The van der Waals surface area contributed by atoms with Crippen LogP contribution in [0.2, 0.25) is 0 Å². The lowest BCUT2D eigenvalue weighted by molar-refractivity contribution is 0.0240. The number of hydrogen-bond donors (Lipinski definition) is 2. The van der Waals surface area contributed by atoms with Crippen LogP contribution in [0.25, 0.3) is 0 Å². The summed E-state index contributed by atoms with van der Waals surface area (Å²) in [7, 11) is 0. The van der Waals surface area contributed by atoms with E-state index in [1.807, 2.05) is 20.8 Å². The highest BCUT2D eigenvalue weighted by Gasteiger charge is 2.34. The molecule has 6 nitrogen and oxygen atoms in total. The minimum Gasteiger partial charge on any atom is -0.444 e. The van der Waals surface area contributed by atoms with Gasteiger partial charge in [0, 0.05) is 18.6 Å². The van der Waals surface area contributed by atoms with Gasteiger partial charge in [0.05, 0.1) is 6.54 Å². The lowest BCUT2D eigenvalue weighted by Crippen LogP contribution is -2.42. The van der Waals surface area contributed by atoms with Crippen molar-refractivity contribution in [2.45, 2.75) is 83.4 Å². The molecule has 2 aliphatic rings. The average molecular weight is 324 g/mol. The van der Waals surface area contributed by atoms with Gasteiger partial charge in [-0.1, -0.05) is 19.3 Å². The van der Waals surface area contributed by atoms with E-state index in [-0.39, 0.29) is 6.09 Å². The number of carbonyl (C=O) groups excluding carboxylic acids is 1. The molecule has 132 valence electrons. The second-order valence-corrected chi connectivity index (χ2v) is 7.65. The Labute approximate surface area is 139 Å². The summed E-state index contributed by atoms with van der Waals surface area (Å²) in [4.78, 5) is 18.4. The van der Waals surface area contributed by atoms with E-state index in [1.54, 1.807) is 4.90 Å². The van der Waals surface area contributed by atoms with Gasteiger partial charge in [-0.15, -0.1) is 0 Å². The molecule has 2 aliphatic carbocycles. The third kappa shape index (κ3) is 6.67. The van der Waals surface area contributed by atoms with E-state index in [2.05, 4.69) is 10.3 Å². The van der Waals surface area contributed by atoms with Crippen LogP contribution in [-0.4, -0.2) is 47.7 Å². The Kier molecular flexibility index (Phi) is 6.13. The fourth-order valence-corrected chi connectivity index (χ4v) is 2.91. The second-order valence-electron chi connectivity index (χ2n) is 7.65. The predicted octanol–water partition coefficient (Wildman–Crippen LogP) is 2.62. The first-order chi connectivity index (χ1) is 10.8. The van der Waals surface area contributed by atoms with Crippen molar-refractivity contribution in [1.82, 2.24) is 10.2 Å². The Balaban J connectivity index is 1.77. The fraction of sp³-hybridized carbons (Fsp3) is 0.882. The maximum atomic E-state index is 12.2. The highest BCUT2D eigenvalue weighted by atomic mass is 16.6. The molecule has 0 aliphatic heterocycles. The number of amides is 1. The number of ether oxygens (including phenoxy) is 1. The van der Waals surface area contributed by atoms with E-state index in [0.29, 0.717) is 31.1 Å². The molecular weight excluding hydrogens is 292 g/mol. The van der Waals surface area contributed by atoms with Gasteiger partial charge in [0.1, 0.15) is 5.60 Å². The summed E-state index contributed by atoms with van der Waals surface area (Å²) in [5, 5.41) is 3.30. The zero-order valence-corrected chi connectivity index (χ0v) is 14.8. The summed E-state index contributed by atoms with van der Waals surface area (Å²) in [6, 6.07) is 0.769. The Morgan fingerprint density at radius 1 is 1.22 bits per heavy atom. The van der Waals surface area contributed by atoms with Crippen molar-refractivity contribution < 1.29 is 9.53 Å². The van der Waals surface area contributed by atoms with Gasteiger partial charge in [-0.3, -0.25) is 4.99 Å². The molecule has 0 heterocycles. The van der Waals surface area contributed by atoms with Crippen molar-refractivity contribution in [3.05, 3.63) is 0 Å². The first-order valence-electron chi connectivity index (χ1n) is 8.91. The van der Waals surface area contributed by atoms with Crippen LogP contribution < -0.4 is 11.1 Å². The van der Waals surface area contributed by atoms with Crippen molar-refractivity contribution in [3.63, 3.8) is 0 Å². The van der Waals surface area contributed by atoms with Crippen LogP contribution in [0, 0.1) is 0 Å². The highest BCUT2D eigenvalue weighted by Crippen LogP contribution is 2.28. The minimum atomic E-state index is -0.463. The number of aliphatic imine (C=N–C) groups is 1. The first kappa shape index (κ1) is 17.9. The maximum Gasteiger partial charge on any atom is 0.410 e. The van der Waals surface area contributed by atoms with Gasteiger partial charge in [0.25, 0.3) is 0 Å².